The summed E-state index contributed by atoms with van der Waals surface area (Å²) in [4.78, 5) is 9.91. The topological polar surface area (TPSA) is 31.9 Å². The highest BCUT2D eigenvalue weighted by Crippen LogP contribution is 2.26. The van der Waals surface area contributed by atoms with Crippen molar-refractivity contribution in [1.82, 2.24) is 14.9 Å². The molecule has 3 rings (SSSR count). The molecule has 1 N–H and O–H groups in total. The van der Waals surface area contributed by atoms with Crippen molar-refractivity contribution in [1.29, 1.82) is 0 Å². The maximum absolute atomic E-state index is 5.98. The highest BCUT2D eigenvalue weighted by atomic mass is 35.5. The fourth-order valence-electron chi connectivity index (χ4n) is 2.23. The summed E-state index contributed by atoms with van der Waals surface area (Å²) in [5.41, 5.74) is 2.24. The highest BCUT2D eigenvalue weighted by Gasteiger charge is 2.25. The van der Waals surface area contributed by atoms with E-state index in [0.717, 1.165) is 30.0 Å². The van der Waals surface area contributed by atoms with E-state index in [2.05, 4.69) is 28.1 Å². The molecule has 1 saturated carbocycles. The molecule has 0 unspecified atom stereocenters. The SMILES string of the molecule is CN(CCc1c[nH]c2ncc(Cl)cc12)C1CC1. The van der Waals surface area contributed by atoms with Crippen LogP contribution >= 0.6 is 11.6 Å². The normalized spacial score (nSPS) is 15.9. The fourth-order valence-corrected chi connectivity index (χ4v) is 2.39. The van der Waals surface area contributed by atoms with Crippen LogP contribution in [0.25, 0.3) is 11.0 Å². The van der Waals surface area contributed by atoms with Crippen molar-refractivity contribution < 1.29 is 0 Å². The minimum absolute atomic E-state index is 0.703. The van der Waals surface area contributed by atoms with Gasteiger partial charge in [-0.1, -0.05) is 11.6 Å². The quantitative estimate of drug-likeness (QED) is 0.904. The molecule has 0 saturated heterocycles. The second-order valence-corrected chi connectivity index (χ2v) is 5.26. The number of hydrogen-bond donors (Lipinski definition) is 1. The number of aromatic nitrogens is 2. The van der Waals surface area contributed by atoms with E-state index < -0.39 is 0 Å². The molecule has 0 spiro atoms. The number of aromatic amines is 1. The number of likely N-dealkylation sites (N-methyl/N-ethyl adjacent to an activating group) is 1. The lowest BCUT2D eigenvalue weighted by Gasteiger charge is -2.14. The third-order valence-corrected chi connectivity index (χ3v) is 3.69. The number of H-pyrrole nitrogens is 1. The summed E-state index contributed by atoms with van der Waals surface area (Å²) in [7, 11) is 2.21. The summed E-state index contributed by atoms with van der Waals surface area (Å²) >= 11 is 5.98. The molecular weight excluding hydrogens is 234 g/mol. The van der Waals surface area contributed by atoms with Crippen molar-refractivity contribution in [2.24, 2.45) is 0 Å². The molecule has 1 aliphatic rings. The van der Waals surface area contributed by atoms with Crippen LogP contribution < -0.4 is 0 Å². The summed E-state index contributed by atoms with van der Waals surface area (Å²) in [6.45, 7) is 1.10. The molecule has 0 amide bonds. The minimum Gasteiger partial charge on any atom is -0.346 e. The van der Waals surface area contributed by atoms with Gasteiger partial charge in [0.2, 0.25) is 0 Å². The summed E-state index contributed by atoms with van der Waals surface area (Å²) < 4.78 is 0. The van der Waals surface area contributed by atoms with E-state index in [1.807, 2.05) is 6.07 Å². The first-order valence-corrected chi connectivity index (χ1v) is 6.43. The van der Waals surface area contributed by atoms with Crippen LogP contribution in [-0.2, 0) is 6.42 Å². The van der Waals surface area contributed by atoms with Crippen LogP contribution in [-0.4, -0.2) is 34.5 Å². The summed E-state index contributed by atoms with van der Waals surface area (Å²) in [5.74, 6) is 0. The Labute approximate surface area is 106 Å². The zero-order valence-corrected chi connectivity index (χ0v) is 10.7. The van der Waals surface area contributed by atoms with Gasteiger partial charge in [-0.05, 0) is 37.9 Å². The maximum Gasteiger partial charge on any atom is 0.137 e. The molecule has 0 atom stereocenters. The van der Waals surface area contributed by atoms with Crippen molar-refractivity contribution in [3.05, 3.63) is 29.0 Å². The third-order valence-electron chi connectivity index (χ3n) is 3.49. The number of hydrogen-bond acceptors (Lipinski definition) is 2. The number of rotatable bonds is 4. The average molecular weight is 250 g/mol. The van der Waals surface area contributed by atoms with Gasteiger partial charge in [0.15, 0.2) is 0 Å². The standard InChI is InChI=1S/C13H16ClN3/c1-17(11-2-3-11)5-4-9-7-15-13-12(9)6-10(14)8-16-13/h6-8,11H,2-5H2,1H3,(H,15,16). The van der Waals surface area contributed by atoms with Gasteiger partial charge in [0.05, 0.1) is 5.02 Å². The van der Waals surface area contributed by atoms with Gasteiger partial charge < -0.3 is 9.88 Å². The molecule has 0 bridgehead atoms. The van der Waals surface area contributed by atoms with Crippen molar-refractivity contribution in [3.63, 3.8) is 0 Å². The van der Waals surface area contributed by atoms with Crippen LogP contribution in [0.4, 0.5) is 0 Å². The molecule has 0 radical (unpaired) electrons. The van der Waals surface area contributed by atoms with Crippen molar-refractivity contribution in [2.75, 3.05) is 13.6 Å². The van der Waals surface area contributed by atoms with E-state index in [1.54, 1.807) is 6.20 Å². The summed E-state index contributed by atoms with van der Waals surface area (Å²) in [6, 6.07) is 2.81. The smallest absolute Gasteiger partial charge is 0.137 e. The zero-order chi connectivity index (χ0) is 11.8. The molecule has 2 heterocycles. The van der Waals surface area contributed by atoms with E-state index >= 15 is 0 Å². The van der Waals surface area contributed by atoms with Crippen LogP contribution in [0.5, 0.6) is 0 Å². The third kappa shape index (κ3) is 2.31. The van der Waals surface area contributed by atoms with Gasteiger partial charge in [-0.3, -0.25) is 0 Å². The second kappa shape index (κ2) is 4.31. The largest absolute Gasteiger partial charge is 0.346 e. The Kier molecular flexibility index (Phi) is 2.81. The van der Waals surface area contributed by atoms with Gasteiger partial charge in [0, 0.05) is 30.4 Å². The van der Waals surface area contributed by atoms with E-state index in [4.69, 9.17) is 11.6 Å². The molecule has 17 heavy (non-hydrogen) atoms. The lowest BCUT2D eigenvalue weighted by Crippen LogP contribution is -2.23. The minimum atomic E-state index is 0.703. The maximum atomic E-state index is 5.98. The van der Waals surface area contributed by atoms with Crippen LogP contribution in [0, 0.1) is 0 Å². The van der Waals surface area contributed by atoms with Crippen molar-refractivity contribution >= 4 is 22.6 Å². The van der Waals surface area contributed by atoms with Gasteiger partial charge in [-0.15, -0.1) is 0 Å². The highest BCUT2D eigenvalue weighted by molar-refractivity contribution is 6.31. The first-order valence-electron chi connectivity index (χ1n) is 6.06. The van der Waals surface area contributed by atoms with Crippen molar-refractivity contribution in [2.45, 2.75) is 25.3 Å². The van der Waals surface area contributed by atoms with E-state index in [-0.39, 0.29) is 0 Å². The number of halogens is 1. The Morgan fingerprint density at radius 3 is 3.12 bits per heavy atom. The zero-order valence-electron chi connectivity index (χ0n) is 9.91. The Hall–Kier alpha value is -1.06. The van der Waals surface area contributed by atoms with Crippen LogP contribution in [0.3, 0.4) is 0 Å². The van der Waals surface area contributed by atoms with E-state index in [1.165, 1.54) is 18.4 Å². The summed E-state index contributed by atoms with van der Waals surface area (Å²) in [5, 5.41) is 1.86. The molecular formula is C13H16ClN3. The second-order valence-electron chi connectivity index (χ2n) is 4.83. The Balaban J connectivity index is 1.77. The van der Waals surface area contributed by atoms with E-state index in [0.29, 0.717) is 5.02 Å². The molecule has 90 valence electrons. The molecule has 0 aliphatic heterocycles. The fraction of sp³-hybridized carbons (Fsp3) is 0.462. The first-order chi connectivity index (χ1) is 8.24. The first kappa shape index (κ1) is 11.1. The lowest BCUT2D eigenvalue weighted by atomic mass is 10.1. The molecule has 4 heteroatoms. The van der Waals surface area contributed by atoms with Crippen LogP contribution in [0.1, 0.15) is 18.4 Å². The molecule has 2 aromatic rings. The Morgan fingerprint density at radius 2 is 2.35 bits per heavy atom. The molecule has 1 aliphatic carbocycles. The van der Waals surface area contributed by atoms with Gasteiger partial charge in [0.1, 0.15) is 5.65 Å². The number of pyridine rings is 1. The monoisotopic (exact) mass is 249 g/mol. The lowest BCUT2D eigenvalue weighted by molar-refractivity contribution is 0.329. The Morgan fingerprint density at radius 1 is 1.53 bits per heavy atom. The van der Waals surface area contributed by atoms with Gasteiger partial charge in [-0.25, -0.2) is 4.98 Å². The van der Waals surface area contributed by atoms with Gasteiger partial charge in [0.25, 0.3) is 0 Å². The van der Waals surface area contributed by atoms with Gasteiger partial charge in [-0.2, -0.15) is 0 Å². The summed E-state index contributed by atoms with van der Waals surface area (Å²) in [6.07, 6.45) is 7.50. The Bertz CT molecular complexity index is 530. The van der Waals surface area contributed by atoms with Crippen LogP contribution in [0.2, 0.25) is 5.02 Å². The van der Waals surface area contributed by atoms with Crippen LogP contribution in [0.15, 0.2) is 18.5 Å². The molecule has 1 fully saturated rings. The number of nitrogens with zero attached hydrogens (tertiary/aromatic N) is 2. The predicted molar refractivity (Wildman–Crippen MR) is 70.5 cm³/mol. The number of fused-ring (bicyclic) bond motifs is 1. The predicted octanol–water partition coefficient (Wildman–Crippen LogP) is 2.85. The van der Waals surface area contributed by atoms with E-state index in [9.17, 15) is 0 Å². The van der Waals surface area contributed by atoms with Gasteiger partial charge >= 0.3 is 0 Å². The molecule has 0 aromatic carbocycles. The molecule has 2 aromatic heterocycles. The average Bonchev–Trinajstić information content (AvgIpc) is 3.09. The number of nitrogens with one attached hydrogen (secondary N) is 1. The molecule has 3 nitrogen and oxygen atoms in total. The van der Waals surface area contributed by atoms with Crippen molar-refractivity contribution in [3.8, 4) is 0 Å².